The highest BCUT2D eigenvalue weighted by atomic mass is 19.1. The molecule has 7 heteroatoms. The van der Waals surface area contributed by atoms with Crippen LogP contribution in [-0.4, -0.2) is 21.9 Å². The van der Waals surface area contributed by atoms with Gasteiger partial charge in [0.15, 0.2) is 0 Å². The molecule has 0 radical (unpaired) electrons. The molecule has 0 bridgehead atoms. The Morgan fingerprint density at radius 2 is 1.80 bits per heavy atom. The van der Waals surface area contributed by atoms with Gasteiger partial charge in [0, 0.05) is 12.1 Å². The summed E-state index contributed by atoms with van der Waals surface area (Å²) in [6.45, 7) is 0. The quantitative estimate of drug-likeness (QED) is 0.817. The largest absolute Gasteiger partial charge is 0.366 e. The maximum Gasteiger partial charge on any atom is 0.275 e. The number of carbonyl (C=O) groups excluding carboxylic acids is 1. The highest BCUT2D eigenvalue weighted by Crippen LogP contribution is 2.20. The van der Waals surface area contributed by atoms with E-state index >= 15 is 0 Å². The Hall–Kier alpha value is -2.57. The molecule has 25 heavy (non-hydrogen) atoms. The summed E-state index contributed by atoms with van der Waals surface area (Å²) >= 11 is 0. The van der Waals surface area contributed by atoms with Crippen LogP contribution in [0, 0.1) is 11.6 Å². The number of aromatic nitrogens is 2. The van der Waals surface area contributed by atoms with Crippen molar-refractivity contribution < 1.29 is 13.6 Å². The van der Waals surface area contributed by atoms with Crippen molar-refractivity contribution in [2.24, 2.45) is 0 Å². The van der Waals surface area contributed by atoms with E-state index in [1.165, 1.54) is 38.1 Å². The zero-order chi connectivity index (χ0) is 17.6. The molecule has 1 aliphatic carbocycles. The molecule has 1 fully saturated rings. The first-order valence-corrected chi connectivity index (χ1v) is 8.47. The fourth-order valence-corrected chi connectivity index (χ4v) is 2.93. The molecule has 1 aromatic heterocycles. The van der Waals surface area contributed by atoms with Crippen molar-refractivity contribution in [2.75, 3.05) is 10.6 Å². The second-order valence-corrected chi connectivity index (χ2v) is 6.20. The van der Waals surface area contributed by atoms with E-state index in [0.29, 0.717) is 17.9 Å². The van der Waals surface area contributed by atoms with Crippen LogP contribution >= 0.6 is 0 Å². The highest BCUT2D eigenvalue weighted by Gasteiger charge is 2.14. The summed E-state index contributed by atoms with van der Waals surface area (Å²) in [7, 11) is 0. The van der Waals surface area contributed by atoms with Gasteiger partial charge in [-0.3, -0.25) is 4.79 Å². The fraction of sp³-hybridized carbons (Fsp3) is 0.389. The SMILES string of the molecule is O=C(Nc1ccc(F)cc1F)c1cnc(NC2CCCCCC2)cn1. The van der Waals surface area contributed by atoms with Crippen LogP contribution in [0.2, 0.25) is 0 Å². The molecule has 1 aromatic carbocycles. The Labute approximate surface area is 144 Å². The number of amides is 1. The standard InChI is InChI=1S/C18H20F2N4O/c19-12-7-8-15(14(20)9-12)24-18(25)16-10-22-17(11-21-16)23-13-5-3-1-2-4-6-13/h7-11,13H,1-6H2,(H,22,23)(H,24,25). The lowest BCUT2D eigenvalue weighted by molar-refractivity contribution is 0.102. The summed E-state index contributed by atoms with van der Waals surface area (Å²) in [4.78, 5) is 20.4. The van der Waals surface area contributed by atoms with E-state index in [9.17, 15) is 13.6 Å². The summed E-state index contributed by atoms with van der Waals surface area (Å²) in [5.41, 5.74) is -0.0380. The van der Waals surface area contributed by atoms with Gasteiger partial charge in [0.05, 0.1) is 18.1 Å². The average molecular weight is 346 g/mol. The van der Waals surface area contributed by atoms with Crippen LogP contribution in [0.15, 0.2) is 30.6 Å². The molecule has 2 N–H and O–H groups in total. The third-order valence-electron chi connectivity index (χ3n) is 4.27. The molecule has 5 nitrogen and oxygen atoms in total. The van der Waals surface area contributed by atoms with Gasteiger partial charge >= 0.3 is 0 Å². The van der Waals surface area contributed by atoms with Gasteiger partial charge in [-0.05, 0) is 25.0 Å². The topological polar surface area (TPSA) is 66.9 Å². The van der Waals surface area contributed by atoms with Gasteiger partial charge in [-0.2, -0.15) is 0 Å². The normalized spacial score (nSPS) is 15.4. The van der Waals surface area contributed by atoms with Gasteiger partial charge in [-0.1, -0.05) is 25.7 Å². The molecule has 0 unspecified atom stereocenters. The Balaban J connectivity index is 1.62. The van der Waals surface area contributed by atoms with Gasteiger partial charge in [-0.25, -0.2) is 18.7 Å². The van der Waals surface area contributed by atoms with E-state index in [1.54, 1.807) is 0 Å². The van der Waals surface area contributed by atoms with Gasteiger partial charge in [0.1, 0.15) is 23.1 Å². The first kappa shape index (κ1) is 17.3. The number of hydrogen-bond acceptors (Lipinski definition) is 4. The van der Waals surface area contributed by atoms with Crippen LogP contribution in [0.5, 0.6) is 0 Å². The highest BCUT2D eigenvalue weighted by molar-refractivity contribution is 6.02. The smallest absolute Gasteiger partial charge is 0.275 e. The molecule has 0 atom stereocenters. The van der Waals surface area contributed by atoms with E-state index < -0.39 is 17.5 Å². The van der Waals surface area contributed by atoms with Crippen molar-refractivity contribution in [3.8, 4) is 0 Å². The Bertz CT molecular complexity index is 728. The number of anilines is 2. The third kappa shape index (κ3) is 4.71. The van der Waals surface area contributed by atoms with Crippen molar-refractivity contribution in [1.82, 2.24) is 9.97 Å². The number of rotatable bonds is 4. The Morgan fingerprint density at radius 1 is 1.04 bits per heavy atom. The maximum atomic E-state index is 13.6. The number of nitrogens with one attached hydrogen (secondary N) is 2. The van der Waals surface area contributed by atoms with Gasteiger partial charge < -0.3 is 10.6 Å². The maximum absolute atomic E-state index is 13.6. The minimum Gasteiger partial charge on any atom is -0.366 e. The van der Waals surface area contributed by atoms with Gasteiger partial charge in [0.2, 0.25) is 0 Å². The van der Waals surface area contributed by atoms with Crippen molar-refractivity contribution in [2.45, 2.75) is 44.6 Å². The first-order valence-electron chi connectivity index (χ1n) is 8.47. The predicted octanol–water partition coefficient (Wildman–Crippen LogP) is 4.14. The van der Waals surface area contributed by atoms with Crippen LogP contribution in [-0.2, 0) is 0 Å². The second kappa shape index (κ2) is 8.00. The van der Waals surface area contributed by atoms with Crippen LogP contribution in [0.25, 0.3) is 0 Å². The molecular weight excluding hydrogens is 326 g/mol. The second-order valence-electron chi connectivity index (χ2n) is 6.20. The van der Waals surface area contributed by atoms with E-state index in [0.717, 1.165) is 25.0 Å². The average Bonchev–Trinajstić information content (AvgIpc) is 2.87. The first-order chi connectivity index (χ1) is 12.1. The van der Waals surface area contributed by atoms with E-state index in [1.807, 2.05) is 0 Å². The van der Waals surface area contributed by atoms with Crippen LogP contribution in [0.4, 0.5) is 20.3 Å². The summed E-state index contributed by atoms with van der Waals surface area (Å²) in [5, 5.41) is 5.70. The summed E-state index contributed by atoms with van der Waals surface area (Å²) in [5.74, 6) is -1.52. The molecule has 0 aliphatic heterocycles. The molecule has 0 spiro atoms. The Kier molecular flexibility index (Phi) is 5.53. The number of nitrogens with zero attached hydrogens (tertiary/aromatic N) is 2. The molecular formula is C18H20F2N4O. The molecule has 1 aliphatic rings. The molecule has 1 amide bonds. The number of benzene rings is 1. The van der Waals surface area contributed by atoms with Crippen molar-refractivity contribution in [3.05, 3.63) is 47.9 Å². The monoisotopic (exact) mass is 346 g/mol. The summed E-state index contributed by atoms with van der Waals surface area (Å²) in [6, 6.07) is 3.33. The molecule has 1 saturated carbocycles. The lowest BCUT2D eigenvalue weighted by atomic mass is 10.1. The van der Waals surface area contributed by atoms with Gasteiger partial charge in [-0.15, -0.1) is 0 Å². The van der Waals surface area contributed by atoms with Crippen LogP contribution in [0.1, 0.15) is 49.0 Å². The van der Waals surface area contributed by atoms with E-state index in [4.69, 9.17) is 0 Å². The predicted molar refractivity (Wildman–Crippen MR) is 91.5 cm³/mol. The number of halogens is 2. The van der Waals surface area contributed by atoms with Crippen molar-refractivity contribution in [1.29, 1.82) is 0 Å². The molecule has 3 rings (SSSR count). The molecule has 132 valence electrons. The van der Waals surface area contributed by atoms with E-state index in [-0.39, 0.29) is 11.4 Å². The molecule has 1 heterocycles. The van der Waals surface area contributed by atoms with Crippen LogP contribution in [0.3, 0.4) is 0 Å². The molecule has 2 aromatic rings. The van der Waals surface area contributed by atoms with E-state index in [2.05, 4.69) is 20.6 Å². The number of carbonyl (C=O) groups is 1. The Morgan fingerprint density at radius 3 is 2.44 bits per heavy atom. The van der Waals surface area contributed by atoms with Gasteiger partial charge in [0.25, 0.3) is 5.91 Å². The molecule has 0 saturated heterocycles. The minimum atomic E-state index is -0.840. The van der Waals surface area contributed by atoms with Crippen LogP contribution < -0.4 is 10.6 Å². The minimum absolute atomic E-state index is 0.0649. The lowest BCUT2D eigenvalue weighted by Gasteiger charge is -2.16. The lowest BCUT2D eigenvalue weighted by Crippen LogP contribution is -2.20. The number of hydrogen-bond donors (Lipinski definition) is 2. The fourth-order valence-electron chi connectivity index (χ4n) is 2.93. The summed E-state index contributed by atoms with van der Waals surface area (Å²) in [6.07, 6.45) is 9.99. The zero-order valence-electron chi connectivity index (χ0n) is 13.8. The van der Waals surface area contributed by atoms with Crippen molar-refractivity contribution >= 4 is 17.4 Å². The summed E-state index contributed by atoms with van der Waals surface area (Å²) < 4.78 is 26.5. The van der Waals surface area contributed by atoms with Crippen molar-refractivity contribution in [3.63, 3.8) is 0 Å². The zero-order valence-corrected chi connectivity index (χ0v) is 13.8. The third-order valence-corrected chi connectivity index (χ3v) is 4.27.